The molecule has 7 nitrogen and oxygen atoms in total. The molecule has 1 amide bonds. The number of hydrogen-bond donors (Lipinski definition) is 2. The SMILES string of the molecule is O=C(O)/C=C/c1ccc(C(=O)NCCc2ncno2)s1. The van der Waals surface area contributed by atoms with E-state index in [1.807, 2.05) is 0 Å². The molecule has 2 aromatic heterocycles. The van der Waals surface area contributed by atoms with Gasteiger partial charge in [-0.05, 0) is 18.2 Å². The molecule has 0 aliphatic rings. The smallest absolute Gasteiger partial charge is 0.328 e. The van der Waals surface area contributed by atoms with E-state index >= 15 is 0 Å². The number of aromatic nitrogens is 2. The Morgan fingerprint density at radius 3 is 3.00 bits per heavy atom. The van der Waals surface area contributed by atoms with Gasteiger partial charge in [0, 0.05) is 23.9 Å². The van der Waals surface area contributed by atoms with Crippen molar-refractivity contribution in [2.24, 2.45) is 0 Å². The predicted molar refractivity (Wildman–Crippen MR) is 71.3 cm³/mol. The van der Waals surface area contributed by atoms with Crippen LogP contribution in [0.25, 0.3) is 6.08 Å². The van der Waals surface area contributed by atoms with Crippen LogP contribution in [0.4, 0.5) is 0 Å². The lowest BCUT2D eigenvalue weighted by Gasteiger charge is -2.00. The second kappa shape index (κ2) is 6.62. The summed E-state index contributed by atoms with van der Waals surface area (Å²) < 4.78 is 4.80. The summed E-state index contributed by atoms with van der Waals surface area (Å²) in [5.74, 6) is -0.782. The summed E-state index contributed by atoms with van der Waals surface area (Å²) in [6, 6.07) is 3.34. The molecule has 20 heavy (non-hydrogen) atoms. The first-order valence-corrected chi connectivity index (χ1v) is 6.51. The van der Waals surface area contributed by atoms with Crippen LogP contribution in [0.2, 0.25) is 0 Å². The molecule has 0 saturated carbocycles. The van der Waals surface area contributed by atoms with Gasteiger partial charge >= 0.3 is 5.97 Å². The largest absolute Gasteiger partial charge is 0.478 e. The number of nitrogens with one attached hydrogen (secondary N) is 1. The molecule has 8 heteroatoms. The normalized spacial score (nSPS) is 10.8. The Kier molecular flexibility index (Phi) is 4.61. The molecule has 0 aliphatic carbocycles. The number of carbonyl (C=O) groups excluding carboxylic acids is 1. The number of aliphatic carboxylic acids is 1. The van der Waals surface area contributed by atoms with E-state index in [1.165, 1.54) is 23.7 Å². The number of nitrogens with zero attached hydrogens (tertiary/aromatic N) is 2. The van der Waals surface area contributed by atoms with Crippen LogP contribution in [0, 0.1) is 0 Å². The average molecular weight is 293 g/mol. The van der Waals surface area contributed by atoms with Gasteiger partial charge in [-0.15, -0.1) is 11.3 Å². The molecule has 104 valence electrons. The summed E-state index contributed by atoms with van der Waals surface area (Å²) in [6.45, 7) is 0.388. The molecule has 0 spiro atoms. The van der Waals surface area contributed by atoms with E-state index in [2.05, 4.69) is 15.5 Å². The molecule has 0 fully saturated rings. The van der Waals surface area contributed by atoms with Crippen LogP contribution in [0.3, 0.4) is 0 Å². The molecule has 2 heterocycles. The third-order valence-corrected chi connectivity index (χ3v) is 3.32. The minimum Gasteiger partial charge on any atom is -0.478 e. The zero-order valence-electron chi connectivity index (χ0n) is 10.3. The van der Waals surface area contributed by atoms with Crippen LogP contribution in [0.1, 0.15) is 20.4 Å². The first-order chi connectivity index (χ1) is 9.65. The molecular formula is C12H11N3O4S. The Labute approximate surface area is 117 Å². The summed E-state index contributed by atoms with van der Waals surface area (Å²) in [5, 5.41) is 14.7. The van der Waals surface area contributed by atoms with Crippen LogP contribution < -0.4 is 5.32 Å². The topological polar surface area (TPSA) is 105 Å². The first-order valence-electron chi connectivity index (χ1n) is 5.70. The lowest BCUT2D eigenvalue weighted by Crippen LogP contribution is -2.24. The van der Waals surface area contributed by atoms with Gasteiger partial charge in [0.25, 0.3) is 5.91 Å². The van der Waals surface area contributed by atoms with Gasteiger partial charge in [0.15, 0.2) is 6.33 Å². The van der Waals surface area contributed by atoms with Crippen molar-refractivity contribution in [3.8, 4) is 0 Å². The van der Waals surface area contributed by atoms with Gasteiger partial charge in [-0.3, -0.25) is 4.79 Å². The maximum absolute atomic E-state index is 11.8. The number of amides is 1. The maximum atomic E-state index is 11.8. The van der Waals surface area contributed by atoms with E-state index in [1.54, 1.807) is 12.1 Å². The molecule has 0 saturated heterocycles. The van der Waals surface area contributed by atoms with Gasteiger partial charge in [-0.25, -0.2) is 4.79 Å². The first kappa shape index (κ1) is 13.9. The molecule has 0 unspecified atom stereocenters. The van der Waals surface area contributed by atoms with Crippen molar-refractivity contribution in [3.05, 3.63) is 40.2 Å². The van der Waals surface area contributed by atoms with Crippen molar-refractivity contribution in [3.63, 3.8) is 0 Å². The van der Waals surface area contributed by atoms with Crippen molar-refractivity contribution >= 4 is 29.3 Å². The second-order valence-corrected chi connectivity index (χ2v) is 4.83. The fraction of sp³-hybridized carbons (Fsp3) is 0.167. The highest BCUT2D eigenvalue weighted by Crippen LogP contribution is 2.17. The van der Waals surface area contributed by atoms with Gasteiger partial charge in [-0.1, -0.05) is 5.16 Å². The number of carboxylic acids is 1. The van der Waals surface area contributed by atoms with Crippen LogP contribution >= 0.6 is 11.3 Å². The van der Waals surface area contributed by atoms with Gasteiger partial charge in [0.05, 0.1) is 4.88 Å². The van der Waals surface area contributed by atoms with E-state index < -0.39 is 5.97 Å². The van der Waals surface area contributed by atoms with Crippen molar-refractivity contribution in [1.82, 2.24) is 15.5 Å². The Morgan fingerprint density at radius 2 is 2.30 bits per heavy atom. The second-order valence-electron chi connectivity index (χ2n) is 3.71. The Balaban J connectivity index is 1.84. The summed E-state index contributed by atoms with van der Waals surface area (Å²) in [6.07, 6.45) is 4.24. The summed E-state index contributed by atoms with van der Waals surface area (Å²) in [7, 11) is 0. The monoisotopic (exact) mass is 293 g/mol. The standard InChI is InChI=1S/C12H11N3O4S/c16-11(17)4-2-8-1-3-9(20-8)12(18)13-6-5-10-14-7-15-19-10/h1-4,7H,5-6H2,(H,13,18)(H,16,17)/b4-2+. The van der Waals surface area contributed by atoms with Crippen molar-refractivity contribution in [1.29, 1.82) is 0 Å². The molecule has 2 aromatic rings. The fourth-order valence-corrected chi connectivity index (χ4v) is 2.22. The van der Waals surface area contributed by atoms with E-state index in [0.29, 0.717) is 28.6 Å². The Morgan fingerprint density at radius 1 is 1.45 bits per heavy atom. The molecule has 2 rings (SSSR count). The third-order valence-electron chi connectivity index (χ3n) is 2.27. The summed E-state index contributed by atoms with van der Waals surface area (Å²) >= 11 is 1.22. The van der Waals surface area contributed by atoms with Crippen molar-refractivity contribution in [2.45, 2.75) is 6.42 Å². The number of carbonyl (C=O) groups is 2. The van der Waals surface area contributed by atoms with E-state index in [4.69, 9.17) is 9.63 Å². The predicted octanol–water partition coefficient (Wildman–Crippen LogP) is 1.20. The van der Waals surface area contributed by atoms with Gasteiger partial charge in [-0.2, -0.15) is 4.98 Å². The minimum absolute atomic E-state index is 0.218. The quantitative estimate of drug-likeness (QED) is 0.775. The zero-order chi connectivity index (χ0) is 14.4. The molecule has 2 N–H and O–H groups in total. The number of thiophene rings is 1. The van der Waals surface area contributed by atoms with Crippen LogP contribution in [0.5, 0.6) is 0 Å². The lowest BCUT2D eigenvalue weighted by atomic mass is 10.3. The van der Waals surface area contributed by atoms with Crippen molar-refractivity contribution in [2.75, 3.05) is 6.54 Å². The van der Waals surface area contributed by atoms with Gasteiger partial charge < -0.3 is 14.9 Å². The Hall–Kier alpha value is -2.48. The number of rotatable bonds is 6. The molecule has 0 aromatic carbocycles. The van der Waals surface area contributed by atoms with E-state index in [-0.39, 0.29) is 5.91 Å². The van der Waals surface area contributed by atoms with Crippen LogP contribution in [-0.2, 0) is 11.2 Å². The average Bonchev–Trinajstić information content (AvgIpc) is 3.07. The van der Waals surface area contributed by atoms with Gasteiger partial charge in [0.1, 0.15) is 0 Å². The molecule has 0 aliphatic heterocycles. The number of carboxylic acid groups (broad SMARTS) is 1. The zero-order valence-corrected chi connectivity index (χ0v) is 11.1. The highest BCUT2D eigenvalue weighted by molar-refractivity contribution is 7.14. The molecule has 0 bridgehead atoms. The fourth-order valence-electron chi connectivity index (χ4n) is 1.39. The molecule has 0 radical (unpaired) electrons. The minimum atomic E-state index is -1.02. The molecule has 0 atom stereocenters. The lowest BCUT2D eigenvalue weighted by molar-refractivity contribution is -0.131. The maximum Gasteiger partial charge on any atom is 0.328 e. The van der Waals surface area contributed by atoms with Gasteiger partial charge in [0.2, 0.25) is 5.89 Å². The Bertz CT molecular complexity index is 618. The van der Waals surface area contributed by atoms with E-state index in [0.717, 1.165) is 6.08 Å². The highest BCUT2D eigenvalue weighted by Gasteiger charge is 2.08. The molecular weight excluding hydrogens is 282 g/mol. The van der Waals surface area contributed by atoms with Crippen LogP contribution in [0.15, 0.2) is 29.1 Å². The summed E-state index contributed by atoms with van der Waals surface area (Å²) in [4.78, 5) is 27.3. The number of hydrogen-bond acceptors (Lipinski definition) is 6. The van der Waals surface area contributed by atoms with Crippen molar-refractivity contribution < 1.29 is 19.2 Å². The summed E-state index contributed by atoms with van der Waals surface area (Å²) in [5.41, 5.74) is 0. The van der Waals surface area contributed by atoms with Crippen LogP contribution in [-0.4, -0.2) is 33.7 Å². The highest BCUT2D eigenvalue weighted by atomic mass is 32.1. The third kappa shape index (κ3) is 4.02. The van der Waals surface area contributed by atoms with E-state index in [9.17, 15) is 9.59 Å².